The molecule has 0 aromatic carbocycles. The molecule has 2 aliphatic rings. The highest BCUT2D eigenvalue weighted by Crippen LogP contribution is 2.23. The largest absolute Gasteiger partial charge is 0.465 e. The first kappa shape index (κ1) is 19.5. The summed E-state index contributed by atoms with van der Waals surface area (Å²) in [5, 5.41) is 0. The summed E-state index contributed by atoms with van der Waals surface area (Å²) >= 11 is 0. The maximum absolute atomic E-state index is 12.5. The standard InChI is InChI=1S/C24H18N4O4/c1-31-23(29)21-17-7-3-13(25-17)11-15-5-9-19(27-15)22(24(30)32-2)20-10-6-16(28-20)12-14-4-8-18(21)26-14/h3-12,25,28H,1-2H3. The summed E-state index contributed by atoms with van der Waals surface area (Å²) in [5.41, 5.74) is 5.58. The van der Waals surface area contributed by atoms with Crippen LogP contribution in [-0.4, -0.2) is 46.1 Å². The van der Waals surface area contributed by atoms with Gasteiger partial charge >= 0.3 is 11.9 Å². The van der Waals surface area contributed by atoms with Gasteiger partial charge in [0.1, 0.15) is 11.1 Å². The predicted octanol–water partition coefficient (Wildman–Crippen LogP) is 4.23. The number of nitrogens with zero attached hydrogens (tertiary/aromatic N) is 2. The second-order valence-electron chi connectivity index (χ2n) is 7.19. The van der Waals surface area contributed by atoms with Crippen LogP contribution in [0.5, 0.6) is 0 Å². The van der Waals surface area contributed by atoms with E-state index in [2.05, 4.69) is 19.9 Å². The third kappa shape index (κ3) is 3.37. The molecule has 5 heterocycles. The third-order valence-corrected chi connectivity index (χ3v) is 5.18. The summed E-state index contributed by atoms with van der Waals surface area (Å²) < 4.78 is 10.00. The van der Waals surface area contributed by atoms with Crippen LogP contribution in [0, 0.1) is 0 Å². The van der Waals surface area contributed by atoms with Gasteiger partial charge in [0.15, 0.2) is 0 Å². The summed E-state index contributed by atoms with van der Waals surface area (Å²) in [6.07, 6.45) is 7.15. The van der Waals surface area contributed by atoms with Crippen LogP contribution in [0.3, 0.4) is 0 Å². The molecule has 3 aromatic heterocycles. The first-order valence-corrected chi connectivity index (χ1v) is 9.82. The van der Waals surface area contributed by atoms with Crippen molar-refractivity contribution in [1.82, 2.24) is 19.9 Å². The lowest BCUT2D eigenvalue weighted by atomic mass is 10.2. The van der Waals surface area contributed by atoms with Crippen molar-refractivity contribution in [2.24, 2.45) is 0 Å². The van der Waals surface area contributed by atoms with E-state index in [0.29, 0.717) is 44.9 Å². The topological polar surface area (TPSA) is 110 Å². The Morgan fingerprint density at radius 3 is 1.53 bits per heavy atom. The number of hydrogen-bond acceptors (Lipinski definition) is 6. The van der Waals surface area contributed by atoms with Gasteiger partial charge in [-0.15, -0.1) is 0 Å². The van der Waals surface area contributed by atoms with E-state index in [-0.39, 0.29) is 0 Å². The summed E-state index contributed by atoms with van der Waals surface area (Å²) in [5.74, 6) is -0.977. The highest BCUT2D eigenvalue weighted by molar-refractivity contribution is 6.02. The number of nitrogens with one attached hydrogen (secondary N) is 2. The Balaban J connectivity index is 1.91. The fourth-order valence-electron chi connectivity index (χ4n) is 3.71. The fraction of sp³-hybridized carbons (Fsp3) is 0.0833. The van der Waals surface area contributed by atoms with E-state index in [4.69, 9.17) is 9.47 Å². The molecule has 8 heteroatoms. The lowest BCUT2D eigenvalue weighted by molar-refractivity contribution is 0.0593. The zero-order valence-electron chi connectivity index (χ0n) is 17.3. The molecule has 0 unspecified atom stereocenters. The number of hydrogen-bond donors (Lipinski definition) is 2. The molecule has 0 spiro atoms. The maximum Gasteiger partial charge on any atom is 0.342 e. The summed E-state index contributed by atoms with van der Waals surface area (Å²) in [7, 11) is 2.68. The molecule has 8 nitrogen and oxygen atoms in total. The minimum absolute atomic E-state index is 0.337. The molecule has 158 valence electrons. The van der Waals surface area contributed by atoms with Crippen molar-refractivity contribution < 1.29 is 19.1 Å². The number of ether oxygens (including phenoxy) is 2. The van der Waals surface area contributed by atoms with Crippen LogP contribution in [0.2, 0.25) is 0 Å². The minimum atomic E-state index is -0.489. The Morgan fingerprint density at radius 2 is 1.12 bits per heavy atom. The van der Waals surface area contributed by atoms with Gasteiger partial charge in [-0.05, 0) is 60.7 Å². The predicted molar refractivity (Wildman–Crippen MR) is 122 cm³/mol. The summed E-state index contributed by atoms with van der Waals surface area (Å²) in [6.45, 7) is 0. The molecule has 8 bridgehead atoms. The first-order chi connectivity index (χ1) is 15.6. The minimum Gasteiger partial charge on any atom is -0.465 e. The Morgan fingerprint density at radius 1 is 0.688 bits per heavy atom. The van der Waals surface area contributed by atoms with Crippen LogP contribution >= 0.6 is 0 Å². The molecular formula is C24H18N4O4. The van der Waals surface area contributed by atoms with Crippen molar-refractivity contribution in [2.45, 2.75) is 0 Å². The molecule has 0 saturated heterocycles. The Bertz CT molecular complexity index is 1380. The van der Waals surface area contributed by atoms with E-state index >= 15 is 0 Å². The van der Waals surface area contributed by atoms with Crippen LogP contribution in [-0.2, 0) is 9.47 Å². The van der Waals surface area contributed by atoms with Gasteiger partial charge in [-0.1, -0.05) is 0 Å². The highest BCUT2D eigenvalue weighted by Gasteiger charge is 2.18. The number of carbonyl (C=O) groups is 2. The average Bonchev–Trinajstić information content (AvgIpc) is 3.58. The monoisotopic (exact) mass is 426 g/mol. The molecule has 5 rings (SSSR count). The van der Waals surface area contributed by atoms with Crippen LogP contribution in [0.25, 0.3) is 46.4 Å². The van der Waals surface area contributed by atoms with Gasteiger partial charge in [-0.2, -0.15) is 0 Å². The van der Waals surface area contributed by atoms with Crippen molar-refractivity contribution in [3.8, 4) is 0 Å². The molecule has 0 saturated carbocycles. The first-order valence-electron chi connectivity index (χ1n) is 9.82. The summed E-state index contributed by atoms with van der Waals surface area (Å²) in [4.78, 5) is 40.7. The Kier molecular flexibility index (Phi) is 4.67. The van der Waals surface area contributed by atoms with Crippen LogP contribution in [0.4, 0.5) is 0 Å². The van der Waals surface area contributed by atoms with Gasteiger partial charge in [0.2, 0.25) is 0 Å². The van der Waals surface area contributed by atoms with Crippen LogP contribution < -0.4 is 0 Å². The second kappa shape index (κ2) is 7.66. The summed E-state index contributed by atoms with van der Waals surface area (Å²) in [6, 6.07) is 10.9. The van der Waals surface area contributed by atoms with Crippen molar-refractivity contribution in [3.63, 3.8) is 0 Å². The van der Waals surface area contributed by atoms with Gasteiger partial charge < -0.3 is 19.4 Å². The highest BCUT2D eigenvalue weighted by atomic mass is 16.5. The molecule has 2 N–H and O–H groups in total. The molecule has 0 atom stereocenters. The van der Waals surface area contributed by atoms with Crippen molar-refractivity contribution in [2.75, 3.05) is 14.2 Å². The van der Waals surface area contributed by atoms with Gasteiger partial charge in [0.05, 0.1) is 48.0 Å². The molecule has 0 fully saturated rings. The van der Waals surface area contributed by atoms with E-state index in [0.717, 1.165) is 11.0 Å². The quantitative estimate of drug-likeness (QED) is 0.409. The number of carbonyl (C=O) groups excluding carboxylic acids is 2. The number of rotatable bonds is 2. The van der Waals surface area contributed by atoms with Crippen LogP contribution in [0.1, 0.15) is 43.5 Å². The van der Waals surface area contributed by atoms with E-state index < -0.39 is 11.9 Å². The molecular weight excluding hydrogens is 408 g/mol. The third-order valence-electron chi connectivity index (χ3n) is 5.18. The normalized spacial score (nSPS) is 12.1. The molecule has 3 aromatic rings. The zero-order chi connectivity index (χ0) is 22.2. The van der Waals surface area contributed by atoms with E-state index in [1.54, 1.807) is 24.3 Å². The lowest BCUT2D eigenvalue weighted by Crippen LogP contribution is -2.04. The maximum atomic E-state index is 12.5. The smallest absolute Gasteiger partial charge is 0.342 e. The molecule has 32 heavy (non-hydrogen) atoms. The van der Waals surface area contributed by atoms with E-state index in [9.17, 15) is 9.59 Å². The van der Waals surface area contributed by atoms with Gasteiger partial charge in [0, 0.05) is 11.0 Å². The van der Waals surface area contributed by atoms with Crippen LogP contribution in [0.15, 0.2) is 36.4 Å². The molecule has 2 aliphatic heterocycles. The number of aromatic nitrogens is 4. The van der Waals surface area contributed by atoms with Crippen molar-refractivity contribution in [1.29, 1.82) is 0 Å². The average molecular weight is 426 g/mol. The van der Waals surface area contributed by atoms with Crippen molar-refractivity contribution >= 4 is 58.3 Å². The Labute approximate surface area is 182 Å². The zero-order valence-corrected chi connectivity index (χ0v) is 17.3. The molecule has 0 radical (unpaired) electrons. The number of esters is 2. The van der Waals surface area contributed by atoms with E-state index in [1.165, 1.54) is 14.2 Å². The lowest BCUT2D eigenvalue weighted by Gasteiger charge is -2.00. The SMILES string of the molecule is COC(=O)c1c2nc(cc3ccc([nH]3)c(C(=O)OC)c3nc(cc4ccc1[nH]4)C=C3)C=C2. The number of fused-ring (bicyclic) bond motifs is 8. The van der Waals surface area contributed by atoms with Gasteiger partial charge in [0.25, 0.3) is 0 Å². The number of methoxy groups -OCH3 is 2. The molecule has 0 amide bonds. The van der Waals surface area contributed by atoms with Crippen molar-refractivity contribution in [3.05, 3.63) is 70.3 Å². The molecule has 0 aliphatic carbocycles. The van der Waals surface area contributed by atoms with Gasteiger partial charge in [-0.3, -0.25) is 0 Å². The second-order valence-corrected chi connectivity index (χ2v) is 7.19. The van der Waals surface area contributed by atoms with Gasteiger partial charge in [-0.25, -0.2) is 19.6 Å². The van der Waals surface area contributed by atoms with E-state index in [1.807, 2.05) is 36.4 Å². The fourth-order valence-corrected chi connectivity index (χ4v) is 3.71. The number of aromatic amines is 2. The number of H-pyrrole nitrogens is 2. The Hall–Kier alpha value is -4.46.